The second-order valence-electron chi connectivity index (χ2n) is 10.0. The van der Waals surface area contributed by atoms with Gasteiger partial charge in [-0.2, -0.15) is 5.10 Å². The monoisotopic (exact) mass is 455 g/mol. The molecule has 2 N–H and O–H groups in total. The van der Waals surface area contributed by atoms with Gasteiger partial charge in [0.05, 0.1) is 17.6 Å². The maximum atomic E-state index is 13.9. The Hall–Kier alpha value is -3.47. The van der Waals surface area contributed by atoms with Crippen molar-refractivity contribution < 1.29 is 9.18 Å². The number of aryl methyl sites for hydroxylation is 2. The minimum absolute atomic E-state index is 0.0160. The number of primary amides is 1. The summed E-state index contributed by atoms with van der Waals surface area (Å²) in [5.74, 6) is -0.638. The summed E-state index contributed by atoms with van der Waals surface area (Å²) >= 11 is 0. The van der Waals surface area contributed by atoms with Crippen LogP contribution >= 0.6 is 0 Å². The van der Waals surface area contributed by atoms with Crippen LogP contribution in [-0.2, 0) is 12.8 Å². The van der Waals surface area contributed by atoms with E-state index in [9.17, 15) is 9.18 Å². The van der Waals surface area contributed by atoms with E-state index in [0.717, 1.165) is 60.2 Å². The molecule has 2 aromatic carbocycles. The highest BCUT2D eigenvalue weighted by Gasteiger charge is 2.54. The molecule has 174 valence electrons. The first kappa shape index (κ1) is 22.3. The van der Waals surface area contributed by atoms with Gasteiger partial charge < -0.3 is 5.73 Å². The van der Waals surface area contributed by atoms with E-state index in [1.807, 2.05) is 42.1 Å². The van der Waals surface area contributed by atoms with Crippen LogP contribution in [0.4, 0.5) is 4.39 Å². The molecule has 3 aromatic rings. The molecule has 0 saturated heterocycles. The average molecular weight is 456 g/mol. The normalized spacial score (nSPS) is 23.2. The highest BCUT2D eigenvalue weighted by molar-refractivity contribution is 5.95. The van der Waals surface area contributed by atoms with E-state index in [1.54, 1.807) is 6.07 Å². The molecule has 2 aliphatic carbocycles. The molecule has 1 saturated carbocycles. The zero-order valence-electron chi connectivity index (χ0n) is 19.8. The number of nitrogens with two attached hydrogens (primary N) is 1. The van der Waals surface area contributed by atoms with Gasteiger partial charge >= 0.3 is 0 Å². The molecule has 5 heteroatoms. The molecule has 2 atom stereocenters. The maximum Gasteiger partial charge on any atom is 0.249 e. The molecule has 5 rings (SSSR count). The number of hydrogen-bond acceptors (Lipinski definition) is 2. The number of amides is 1. The lowest BCUT2D eigenvalue weighted by atomic mass is 9.59. The highest BCUT2D eigenvalue weighted by atomic mass is 19.1. The molecule has 0 radical (unpaired) electrons. The standard InChI is InChI=1S/C29H30FN3O/c1-4-29-17-21-18-32-33(24-10-6-9-23(30)16-24)25(21)15-22(29)12-14-28(29,3)13-11-20-8-5-7-19(2)26(20)27(31)34/h4-10,15-16,18H,1,11-14,17H2,2-3H3,(H2,31,34)/t28-,29+/m1/s1. The third-order valence-electron chi connectivity index (χ3n) is 8.22. The van der Waals surface area contributed by atoms with Crippen molar-refractivity contribution >= 4 is 12.0 Å². The number of carbonyl (C=O) groups is 1. The Bertz CT molecular complexity index is 1340. The smallest absolute Gasteiger partial charge is 0.249 e. The van der Waals surface area contributed by atoms with Gasteiger partial charge in [0.2, 0.25) is 5.91 Å². The van der Waals surface area contributed by atoms with Crippen LogP contribution in [0.25, 0.3) is 11.8 Å². The molecule has 1 heterocycles. The van der Waals surface area contributed by atoms with E-state index in [1.165, 1.54) is 17.7 Å². The minimum atomic E-state index is -0.365. The quantitative estimate of drug-likeness (QED) is 0.466. The molecule has 1 amide bonds. The number of allylic oxidation sites excluding steroid dienone is 2. The largest absolute Gasteiger partial charge is 0.366 e. The van der Waals surface area contributed by atoms with Crippen LogP contribution < -0.4 is 5.73 Å². The van der Waals surface area contributed by atoms with Crippen LogP contribution in [0.3, 0.4) is 0 Å². The Kier molecular flexibility index (Phi) is 5.31. The number of fused-ring (bicyclic) bond motifs is 2. The second-order valence-corrected chi connectivity index (χ2v) is 10.0. The first-order chi connectivity index (χ1) is 16.3. The molecule has 1 fully saturated rings. The number of benzene rings is 2. The summed E-state index contributed by atoms with van der Waals surface area (Å²) in [6.07, 6.45) is 10.8. The van der Waals surface area contributed by atoms with Gasteiger partial charge in [0, 0.05) is 11.0 Å². The summed E-state index contributed by atoms with van der Waals surface area (Å²) in [4.78, 5) is 12.1. The molecule has 0 spiro atoms. The number of rotatable bonds is 6. The number of hydrogen-bond donors (Lipinski definition) is 1. The van der Waals surface area contributed by atoms with Gasteiger partial charge in [-0.3, -0.25) is 4.79 Å². The van der Waals surface area contributed by atoms with Crippen molar-refractivity contribution in [2.24, 2.45) is 16.6 Å². The SMILES string of the molecule is C=C[C@]12Cc3cnn(-c4cccc(F)c4)c3C=C1CC[C@@]2(C)CCc1cccc(C)c1C(N)=O. The average Bonchev–Trinajstić information content (AvgIpc) is 3.35. The Labute approximate surface area is 200 Å². The van der Waals surface area contributed by atoms with Gasteiger partial charge in [-0.15, -0.1) is 6.58 Å². The van der Waals surface area contributed by atoms with Crippen molar-refractivity contribution in [2.45, 2.75) is 46.0 Å². The number of aromatic nitrogens is 2. The maximum absolute atomic E-state index is 13.9. The fourth-order valence-electron chi connectivity index (χ4n) is 6.23. The molecular weight excluding hydrogens is 425 g/mol. The topological polar surface area (TPSA) is 60.9 Å². The van der Waals surface area contributed by atoms with E-state index in [2.05, 4.69) is 30.8 Å². The van der Waals surface area contributed by atoms with Crippen LogP contribution in [-0.4, -0.2) is 15.7 Å². The molecule has 0 unspecified atom stereocenters. The van der Waals surface area contributed by atoms with Gasteiger partial charge in [-0.25, -0.2) is 9.07 Å². The van der Waals surface area contributed by atoms with Gasteiger partial charge in [-0.1, -0.05) is 42.8 Å². The molecule has 1 aromatic heterocycles. The van der Waals surface area contributed by atoms with Gasteiger partial charge in [0.25, 0.3) is 0 Å². The molecule has 0 aliphatic heterocycles. The predicted molar refractivity (Wildman–Crippen MR) is 133 cm³/mol. The van der Waals surface area contributed by atoms with E-state index in [-0.39, 0.29) is 22.6 Å². The van der Waals surface area contributed by atoms with E-state index < -0.39 is 0 Å². The minimum Gasteiger partial charge on any atom is -0.366 e. The van der Waals surface area contributed by atoms with Crippen LogP contribution in [0.1, 0.15) is 58.9 Å². The van der Waals surface area contributed by atoms with E-state index in [0.29, 0.717) is 5.56 Å². The lowest BCUT2D eigenvalue weighted by Gasteiger charge is -2.45. The first-order valence-corrected chi connectivity index (χ1v) is 11.8. The fourth-order valence-corrected chi connectivity index (χ4v) is 6.23. The molecule has 4 nitrogen and oxygen atoms in total. The Morgan fingerprint density at radius 2 is 2.09 bits per heavy atom. The van der Waals surface area contributed by atoms with Crippen LogP contribution in [0.2, 0.25) is 0 Å². The number of carbonyl (C=O) groups excluding carboxylic acids is 1. The van der Waals surface area contributed by atoms with E-state index in [4.69, 9.17) is 5.73 Å². The summed E-state index contributed by atoms with van der Waals surface area (Å²) in [7, 11) is 0. The van der Waals surface area contributed by atoms with E-state index >= 15 is 0 Å². The number of halogens is 1. The summed E-state index contributed by atoms with van der Waals surface area (Å²) < 4.78 is 15.7. The number of nitrogens with zero attached hydrogens (tertiary/aromatic N) is 2. The summed E-state index contributed by atoms with van der Waals surface area (Å²) in [6.45, 7) is 8.57. The lowest BCUT2D eigenvalue weighted by Crippen LogP contribution is -2.38. The molecule has 2 aliphatic rings. The van der Waals surface area contributed by atoms with Crippen molar-refractivity contribution in [1.82, 2.24) is 9.78 Å². The summed E-state index contributed by atoms with van der Waals surface area (Å²) in [5.41, 5.74) is 12.4. The van der Waals surface area contributed by atoms with Crippen molar-refractivity contribution in [3.63, 3.8) is 0 Å². The Balaban J connectivity index is 1.49. The van der Waals surface area contributed by atoms with Crippen molar-refractivity contribution in [1.29, 1.82) is 0 Å². The Morgan fingerprint density at radius 1 is 1.29 bits per heavy atom. The fraction of sp³-hybridized carbons (Fsp3) is 0.310. The van der Waals surface area contributed by atoms with Crippen molar-refractivity contribution in [3.05, 3.63) is 101 Å². The molecule has 34 heavy (non-hydrogen) atoms. The summed E-state index contributed by atoms with van der Waals surface area (Å²) in [6, 6.07) is 12.5. The van der Waals surface area contributed by atoms with Gasteiger partial charge in [0.1, 0.15) is 5.82 Å². The van der Waals surface area contributed by atoms with Gasteiger partial charge in [0.15, 0.2) is 0 Å². The van der Waals surface area contributed by atoms with Crippen LogP contribution in [0.5, 0.6) is 0 Å². The van der Waals surface area contributed by atoms with Crippen molar-refractivity contribution in [3.8, 4) is 5.69 Å². The van der Waals surface area contributed by atoms with Crippen LogP contribution in [0, 0.1) is 23.6 Å². The second kappa shape index (κ2) is 8.08. The zero-order chi connectivity index (χ0) is 24.1. The lowest BCUT2D eigenvalue weighted by molar-refractivity contribution is 0.0998. The third kappa shape index (κ3) is 3.33. The predicted octanol–water partition coefficient (Wildman–Crippen LogP) is 5.96. The highest BCUT2D eigenvalue weighted by Crippen LogP contribution is 2.62. The zero-order valence-corrected chi connectivity index (χ0v) is 19.8. The van der Waals surface area contributed by atoms with Crippen molar-refractivity contribution in [2.75, 3.05) is 0 Å². The Morgan fingerprint density at radius 3 is 2.82 bits per heavy atom. The molecule has 0 bridgehead atoms. The third-order valence-corrected chi connectivity index (χ3v) is 8.22. The molecular formula is C29H30FN3O. The summed E-state index contributed by atoms with van der Waals surface area (Å²) in [5, 5.41) is 4.60. The first-order valence-electron chi connectivity index (χ1n) is 11.8. The van der Waals surface area contributed by atoms with Gasteiger partial charge in [-0.05, 0) is 85.4 Å². The van der Waals surface area contributed by atoms with Crippen LogP contribution in [0.15, 0.2) is 66.9 Å².